The van der Waals surface area contributed by atoms with Crippen LogP contribution in [0.4, 0.5) is 0 Å². The van der Waals surface area contributed by atoms with Gasteiger partial charge in [0.25, 0.3) is 0 Å². The van der Waals surface area contributed by atoms with Crippen LogP contribution in [0.5, 0.6) is 0 Å². The van der Waals surface area contributed by atoms with Crippen molar-refractivity contribution in [2.75, 3.05) is 0 Å². The Kier molecular flexibility index (Phi) is 4.49. The van der Waals surface area contributed by atoms with E-state index in [9.17, 15) is 0 Å². The van der Waals surface area contributed by atoms with Gasteiger partial charge in [0.15, 0.2) is 0 Å². The second-order valence-electron chi connectivity index (χ2n) is 4.19. The van der Waals surface area contributed by atoms with Crippen LogP contribution in [0.25, 0.3) is 0 Å². The van der Waals surface area contributed by atoms with E-state index >= 15 is 0 Å². The van der Waals surface area contributed by atoms with Crippen LogP contribution in [0, 0.1) is 11.3 Å². The second kappa shape index (κ2) is 6.53. The highest BCUT2D eigenvalue weighted by atomic mass is 16.5. The summed E-state index contributed by atoms with van der Waals surface area (Å²) in [5.41, 5.74) is 2.79. The molecule has 2 aromatic carbocycles. The Hall–Kier alpha value is -2.37. The van der Waals surface area contributed by atoms with Gasteiger partial charge < -0.3 is 4.74 Å². The summed E-state index contributed by atoms with van der Waals surface area (Å²) >= 11 is 0. The minimum absolute atomic E-state index is 0.114. The van der Waals surface area contributed by atoms with Gasteiger partial charge >= 0.3 is 0 Å². The lowest BCUT2D eigenvalue weighted by Gasteiger charge is -2.14. The van der Waals surface area contributed by atoms with E-state index < -0.39 is 0 Å². The van der Waals surface area contributed by atoms with Crippen molar-refractivity contribution < 1.29 is 4.74 Å². The summed E-state index contributed by atoms with van der Waals surface area (Å²) in [5, 5.41) is 8.74. The largest absolute Gasteiger partial charge is 0.365 e. The molecule has 0 N–H and O–H groups in total. The van der Waals surface area contributed by atoms with Gasteiger partial charge in [-0.05, 0) is 23.3 Å². The van der Waals surface area contributed by atoms with Crippen molar-refractivity contribution in [1.29, 1.82) is 5.26 Å². The Bertz CT molecular complexity index is 566. The molecule has 0 aliphatic heterocycles. The molecule has 94 valence electrons. The lowest BCUT2D eigenvalue weighted by molar-refractivity contribution is 0.0720. The molecule has 0 spiro atoms. The van der Waals surface area contributed by atoms with E-state index in [1.165, 1.54) is 0 Å². The van der Waals surface area contributed by atoms with Crippen molar-refractivity contribution in [3.8, 4) is 6.07 Å². The molecule has 1 atom stereocenters. The molecule has 0 bridgehead atoms. The Labute approximate surface area is 113 Å². The average Bonchev–Trinajstić information content (AvgIpc) is 2.49. The summed E-state index contributed by atoms with van der Waals surface area (Å²) in [5.74, 6) is 0. The molecule has 0 aliphatic rings. The lowest BCUT2D eigenvalue weighted by Crippen LogP contribution is -2.01. The number of rotatable bonds is 5. The van der Waals surface area contributed by atoms with Gasteiger partial charge in [-0.2, -0.15) is 5.26 Å². The normalized spacial score (nSPS) is 11.5. The summed E-state index contributed by atoms with van der Waals surface area (Å²) in [6.07, 6.45) is 1.68. The molecular formula is C17H15NO. The molecule has 0 saturated heterocycles. The number of nitriles is 1. The predicted octanol–water partition coefficient (Wildman–Crippen LogP) is 4.00. The highest BCUT2D eigenvalue weighted by molar-refractivity contribution is 5.31. The molecule has 0 aliphatic carbocycles. The average molecular weight is 249 g/mol. The zero-order valence-electron chi connectivity index (χ0n) is 10.6. The molecule has 19 heavy (non-hydrogen) atoms. The van der Waals surface area contributed by atoms with E-state index in [0.717, 1.165) is 11.1 Å². The van der Waals surface area contributed by atoms with Crippen LogP contribution in [-0.4, -0.2) is 0 Å². The summed E-state index contributed by atoms with van der Waals surface area (Å²) in [7, 11) is 0. The van der Waals surface area contributed by atoms with Crippen LogP contribution < -0.4 is 0 Å². The fourth-order valence-corrected chi connectivity index (χ4v) is 1.80. The van der Waals surface area contributed by atoms with Gasteiger partial charge in [0.05, 0.1) is 18.2 Å². The van der Waals surface area contributed by atoms with Gasteiger partial charge in [0.1, 0.15) is 6.10 Å². The van der Waals surface area contributed by atoms with Crippen molar-refractivity contribution in [3.05, 3.63) is 83.9 Å². The van der Waals surface area contributed by atoms with Crippen molar-refractivity contribution in [2.45, 2.75) is 12.7 Å². The summed E-state index contributed by atoms with van der Waals surface area (Å²) < 4.78 is 5.84. The van der Waals surface area contributed by atoms with Crippen LogP contribution in [-0.2, 0) is 11.3 Å². The van der Waals surface area contributed by atoms with E-state index in [-0.39, 0.29) is 6.10 Å². The van der Waals surface area contributed by atoms with E-state index in [0.29, 0.717) is 12.2 Å². The topological polar surface area (TPSA) is 33.0 Å². The van der Waals surface area contributed by atoms with Crippen molar-refractivity contribution >= 4 is 0 Å². The molecule has 2 nitrogen and oxygen atoms in total. The SMILES string of the molecule is C=CC(OCc1ccc(C#N)cc1)c1ccccc1. The monoisotopic (exact) mass is 249 g/mol. The molecule has 2 rings (SSSR count). The van der Waals surface area contributed by atoms with Gasteiger partial charge in [-0.15, -0.1) is 6.58 Å². The highest BCUT2D eigenvalue weighted by Crippen LogP contribution is 2.19. The summed E-state index contributed by atoms with van der Waals surface area (Å²) in [6.45, 7) is 4.31. The zero-order valence-corrected chi connectivity index (χ0v) is 10.6. The molecule has 0 amide bonds. The maximum absolute atomic E-state index is 8.74. The minimum atomic E-state index is -0.114. The van der Waals surface area contributed by atoms with E-state index in [2.05, 4.69) is 12.6 Å². The Balaban J connectivity index is 2.00. The molecule has 2 aromatic rings. The van der Waals surface area contributed by atoms with Gasteiger partial charge in [0, 0.05) is 0 Å². The molecule has 0 heterocycles. The second-order valence-corrected chi connectivity index (χ2v) is 4.19. The maximum Gasteiger partial charge on any atom is 0.101 e. The number of benzene rings is 2. The van der Waals surface area contributed by atoms with E-state index in [1.54, 1.807) is 18.2 Å². The summed E-state index contributed by atoms with van der Waals surface area (Å²) in [4.78, 5) is 0. The Morgan fingerprint density at radius 3 is 2.37 bits per heavy atom. The third-order valence-corrected chi connectivity index (χ3v) is 2.85. The fraction of sp³-hybridized carbons (Fsp3) is 0.118. The number of hydrogen-bond acceptors (Lipinski definition) is 2. The van der Waals surface area contributed by atoms with Gasteiger partial charge in [-0.25, -0.2) is 0 Å². The van der Waals surface area contributed by atoms with Crippen LogP contribution in [0.1, 0.15) is 22.8 Å². The van der Waals surface area contributed by atoms with Gasteiger partial charge in [0.2, 0.25) is 0 Å². The zero-order chi connectivity index (χ0) is 13.5. The molecular weight excluding hydrogens is 234 g/mol. The van der Waals surface area contributed by atoms with Crippen LogP contribution >= 0.6 is 0 Å². The van der Waals surface area contributed by atoms with Crippen LogP contribution in [0.2, 0.25) is 0 Å². The first kappa shape index (κ1) is 13.1. The first-order valence-electron chi connectivity index (χ1n) is 6.11. The number of ether oxygens (including phenoxy) is 1. The maximum atomic E-state index is 8.74. The minimum Gasteiger partial charge on any atom is -0.365 e. The van der Waals surface area contributed by atoms with Crippen LogP contribution in [0.3, 0.4) is 0 Å². The van der Waals surface area contributed by atoms with Crippen molar-refractivity contribution in [1.82, 2.24) is 0 Å². The first-order chi connectivity index (χ1) is 9.33. The predicted molar refractivity (Wildman–Crippen MR) is 75.3 cm³/mol. The molecule has 0 fully saturated rings. The van der Waals surface area contributed by atoms with Gasteiger partial charge in [-0.3, -0.25) is 0 Å². The third-order valence-electron chi connectivity index (χ3n) is 2.85. The van der Waals surface area contributed by atoms with Crippen molar-refractivity contribution in [3.63, 3.8) is 0 Å². The highest BCUT2D eigenvalue weighted by Gasteiger charge is 2.07. The van der Waals surface area contributed by atoms with E-state index in [1.807, 2.05) is 42.5 Å². The fourth-order valence-electron chi connectivity index (χ4n) is 1.80. The molecule has 0 aromatic heterocycles. The van der Waals surface area contributed by atoms with Gasteiger partial charge in [-0.1, -0.05) is 48.5 Å². The lowest BCUT2D eigenvalue weighted by atomic mass is 10.1. The molecule has 0 saturated carbocycles. The molecule has 0 radical (unpaired) electrons. The first-order valence-corrected chi connectivity index (χ1v) is 6.11. The van der Waals surface area contributed by atoms with E-state index in [4.69, 9.17) is 10.00 Å². The smallest absolute Gasteiger partial charge is 0.101 e. The van der Waals surface area contributed by atoms with Crippen molar-refractivity contribution in [2.24, 2.45) is 0 Å². The Morgan fingerprint density at radius 1 is 1.11 bits per heavy atom. The molecule has 2 heteroatoms. The Morgan fingerprint density at radius 2 is 1.79 bits per heavy atom. The molecule has 1 unspecified atom stereocenters. The summed E-state index contributed by atoms with van der Waals surface area (Å²) in [6, 6.07) is 19.5. The number of hydrogen-bond donors (Lipinski definition) is 0. The quantitative estimate of drug-likeness (QED) is 0.750. The number of nitrogens with zero attached hydrogens (tertiary/aromatic N) is 1. The van der Waals surface area contributed by atoms with Crippen LogP contribution in [0.15, 0.2) is 67.3 Å². The standard InChI is InChI=1S/C17H15NO/c1-2-17(16-6-4-3-5-7-16)19-13-15-10-8-14(12-18)9-11-15/h2-11,17H,1,13H2. The third kappa shape index (κ3) is 3.54.